The van der Waals surface area contributed by atoms with Crippen LogP contribution in [0.3, 0.4) is 0 Å². The molecule has 1 aromatic rings. The first-order valence-electron chi connectivity index (χ1n) is 9.27. The molecule has 7 heteroatoms. The standard InChI is InChI=1S/C19H30BrN3O3/c1-3-21-19(23-11-16(24)13-25-12-15-8-9-15)22-10-14(2)26-18-7-5-4-6-17(18)20/h4-7,14-16,24H,3,8-13H2,1-2H3,(H2,21,22,23). The van der Waals surface area contributed by atoms with Crippen LogP contribution in [-0.2, 0) is 4.74 Å². The van der Waals surface area contributed by atoms with Crippen molar-refractivity contribution in [3.05, 3.63) is 28.7 Å². The van der Waals surface area contributed by atoms with Gasteiger partial charge < -0.3 is 25.2 Å². The maximum absolute atomic E-state index is 9.98. The van der Waals surface area contributed by atoms with Gasteiger partial charge in [-0.25, -0.2) is 0 Å². The van der Waals surface area contributed by atoms with Gasteiger partial charge in [-0.2, -0.15) is 0 Å². The number of aliphatic hydroxyl groups is 1. The third-order valence-electron chi connectivity index (χ3n) is 3.89. The molecule has 2 atom stereocenters. The summed E-state index contributed by atoms with van der Waals surface area (Å²) in [5, 5.41) is 16.4. The highest BCUT2D eigenvalue weighted by Crippen LogP contribution is 2.28. The van der Waals surface area contributed by atoms with E-state index in [4.69, 9.17) is 9.47 Å². The molecule has 146 valence electrons. The van der Waals surface area contributed by atoms with Gasteiger partial charge in [-0.1, -0.05) is 12.1 Å². The number of ether oxygens (including phenoxy) is 2. The highest BCUT2D eigenvalue weighted by atomic mass is 79.9. The van der Waals surface area contributed by atoms with Gasteiger partial charge in [-0.3, -0.25) is 4.99 Å². The molecule has 3 N–H and O–H groups in total. The molecule has 26 heavy (non-hydrogen) atoms. The predicted molar refractivity (Wildman–Crippen MR) is 108 cm³/mol. The minimum atomic E-state index is -0.585. The molecule has 1 aromatic carbocycles. The number of para-hydroxylation sites is 1. The molecule has 0 bridgehead atoms. The number of hydrogen-bond donors (Lipinski definition) is 3. The largest absolute Gasteiger partial charge is 0.488 e. The molecular formula is C19H30BrN3O3. The zero-order valence-corrected chi connectivity index (χ0v) is 17.2. The van der Waals surface area contributed by atoms with Crippen molar-refractivity contribution < 1.29 is 14.6 Å². The molecule has 1 aliphatic rings. The second-order valence-corrected chi connectivity index (χ2v) is 7.45. The third kappa shape index (κ3) is 8.38. The van der Waals surface area contributed by atoms with Gasteiger partial charge in [-0.15, -0.1) is 0 Å². The number of halogens is 1. The lowest BCUT2D eigenvalue weighted by atomic mass is 10.3. The molecule has 0 radical (unpaired) electrons. The zero-order valence-electron chi connectivity index (χ0n) is 15.6. The minimum absolute atomic E-state index is 0.0376. The number of rotatable bonds is 11. The molecular weight excluding hydrogens is 398 g/mol. The summed E-state index contributed by atoms with van der Waals surface area (Å²) < 4.78 is 12.4. The number of hydrogen-bond acceptors (Lipinski definition) is 4. The molecule has 2 rings (SSSR count). The second kappa shape index (κ2) is 11.4. The van der Waals surface area contributed by atoms with Crippen LogP contribution in [-0.4, -0.2) is 56.1 Å². The summed E-state index contributed by atoms with van der Waals surface area (Å²) in [5.74, 6) is 2.18. The van der Waals surface area contributed by atoms with E-state index >= 15 is 0 Å². The Morgan fingerprint density at radius 1 is 1.35 bits per heavy atom. The van der Waals surface area contributed by atoms with Crippen molar-refractivity contribution in [2.75, 3.05) is 32.8 Å². The number of aliphatic hydroxyl groups excluding tert-OH is 1. The summed E-state index contributed by atoms with van der Waals surface area (Å²) in [5.41, 5.74) is 0. The van der Waals surface area contributed by atoms with Gasteiger partial charge in [0.15, 0.2) is 5.96 Å². The van der Waals surface area contributed by atoms with Crippen LogP contribution in [0.1, 0.15) is 26.7 Å². The summed E-state index contributed by atoms with van der Waals surface area (Å²) in [7, 11) is 0. The quantitative estimate of drug-likeness (QED) is 0.373. The minimum Gasteiger partial charge on any atom is -0.488 e. The first-order chi connectivity index (χ1) is 12.6. The molecule has 1 saturated carbocycles. The normalized spacial score (nSPS) is 16.8. The van der Waals surface area contributed by atoms with Crippen LogP contribution in [0, 0.1) is 5.92 Å². The Bertz CT molecular complexity index is 567. The molecule has 1 fully saturated rings. The second-order valence-electron chi connectivity index (χ2n) is 6.59. The Hall–Kier alpha value is -1.31. The van der Waals surface area contributed by atoms with Crippen LogP contribution >= 0.6 is 15.9 Å². The smallest absolute Gasteiger partial charge is 0.191 e. The van der Waals surface area contributed by atoms with E-state index < -0.39 is 6.10 Å². The SMILES string of the molecule is CCNC(=NCC(O)COCC1CC1)NCC(C)Oc1ccccc1Br. The van der Waals surface area contributed by atoms with Crippen LogP contribution in [0.25, 0.3) is 0 Å². The summed E-state index contributed by atoms with van der Waals surface area (Å²) in [6.45, 7) is 6.74. The Balaban J connectivity index is 1.72. The lowest BCUT2D eigenvalue weighted by molar-refractivity contribution is 0.0368. The van der Waals surface area contributed by atoms with Crippen molar-refractivity contribution in [1.82, 2.24) is 10.6 Å². The summed E-state index contributed by atoms with van der Waals surface area (Å²) >= 11 is 3.48. The fourth-order valence-corrected chi connectivity index (χ4v) is 2.66. The molecule has 6 nitrogen and oxygen atoms in total. The van der Waals surface area contributed by atoms with Gasteiger partial charge in [0.1, 0.15) is 11.9 Å². The summed E-state index contributed by atoms with van der Waals surface area (Å²) in [6, 6.07) is 7.78. The Morgan fingerprint density at radius 2 is 2.12 bits per heavy atom. The average Bonchev–Trinajstić information content (AvgIpc) is 3.44. The van der Waals surface area contributed by atoms with Gasteiger partial charge in [0.05, 0.1) is 30.3 Å². The molecule has 2 unspecified atom stereocenters. The number of aliphatic imine (C=N–C) groups is 1. The average molecular weight is 428 g/mol. The van der Waals surface area contributed by atoms with Crippen LogP contribution in [0.2, 0.25) is 0 Å². The lowest BCUT2D eigenvalue weighted by Crippen LogP contribution is -2.42. The van der Waals surface area contributed by atoms with Crippen molar-refractivity contribution in [3.8, 4) is 5.75 Å². The van der Waals surface area contributed by atoms with Crippen molar-refractivity contribution in [3.63, 3.8) is 0 Å². The van der Waals surface area contributed by atoms with E-state index in [2.05, 4.69) is 31.6 Å². The van der Waals surface area contributed by atoms with E-state index in [1.807, 2.05) is 38.1 Å². The fourth-order valence-electron chi connectivity index (χ4n) is 2.29. The summed E-state index contributed by atoms with van der Waals surface area (Å²) in [6.07, 6.45) is 1.88. The molecule has 0 aromatic heterocycles. The van der Waals surface area contributed by atoms with E-state index in [9.17, 15) is 5.11 Å². The van der Waals surface area contributed by atoms with E-state index in [-0.39, 0.29) is 6.10 Å². The summed E-state index contributed by atoms with van der Waals surface area (Å²) in [4.78, 5) is 4.42. The lowest BCUT2D eigenvalue weighted by Gasteiger charge is -2.18. The molecule has 0 aliphatic heterocycles. The molecule has 0 saturated heterocycles. The van der Waals surface area contributed by atoms with Crippen LogP contribution in [0.5, 0.6) is 5.75 Å². The molecule has 1 aliphatic carbocycles. The van der Waals surface area contributed by atoms with E-state index in [0.29, 0.717) is 31.6 Å². The van der Waals surface area contributed by atoms with Crippen LogP contribution in [0.15, 0.2) is 33.7 Å². The van der Waals surface area contributed by atoms with Gasteiger partial charge in [0, 0.05) is 13.2 Å². The number of guanidine groups is 1. The van der Waals surface area contributed by atoms with Crippen LogP contribution in [0.4, 0.5) is 0 Å². The first-order valence-corrected chi connectivity index (χ1v) is 10.1. The van der Waals surface area contributed by atoms with Crippen molar-refractivity contribution >= 4 is 21.9 Å². The topological polar surface area (TPSA) is 75.1 Å². The van der Waals surface area contributed by atoms with Gasteiger partial charge in [0.2, 0.25) is 0 Å². The number of benzene rings is 1. The van der Waals surface area contributed by atoms with Gasteiger partial charge in [0.25, 0.3) is 0 Å². The van der Waals surface area contributed by atoms with E-state index in [1.165, 1.54) is 12.8 Å². The number of nitrogens with one attached hydrogen (secondary N) is 2. The van der Waals surface area contributed by atoms with Crippen LogP contribution < -0.4 is 15.4 Å². The van der Waals surface area contributed by atoms with Crippen molar-refractivity contribution in [2.45, 2.75) is 38.9 Å². The Labute approximate surface area is 164 Å². The fraction of sp³-hybridized carbons (Fsp3) is 0.632. The zero-order chi connectivity index (χ0) is 18.8. The van der Waals surface area contributed by atoms with Gasteiger partial charge >= 0.3 is 0 Å². The maximum Gasteiger partial charge on any atom is 0.191 e. The molecule has 0 amide bonds. The van der Waals surface area contributed by atoms with E-state index in [0.717, 1.165) is 23.4 Å². The Morgan fingerprint density at radius 3 is 2.81 bits per heavy atom. The third-order valence-corrected chi connectivity index (χ3v) is 4.54. The highest BCUT2D eigenvalue weighted by molar-refractivity contribution is 9.10. The van der Waals surface area contributed by atoms with Crippen molar-refractivity contribution in [2.24, 2.45) is 10.9 Å². The van der Waals surface area contributed by atoms with Gasteiger partial charge in [-0.05, 0) is 60.7 Å². The highest BCUT2D eigenvalue weighted by Gasteiger charge is 2.21. The monoisotopic (exact) mass is 427 g/mol. The molecule has 0 heterocycles. The molecule has 0 spiro atoms. The predicted octanol–water partition coefficient (Wildman–Crippen LogP) is 2.56. The first kappa shape index (κ1) is 21.0. The maximum atomic E-state index is 9.98. The Kier molecular flexibility index (Phi) is 9.22. The van der Waals surface area contributed by atoms with E-state index in [1.54, 1.807) is 0 Å². The number of nitrogens with zero attached hydrogens (tertiary/aromatic N) is 1. The van der Waals surface area contributed by atoms with Crippen molar-refractivity contribution in [1.29, 1.82) is 0 Å².